The molecule has 0 atom stereocenters. The molecule has 0 fully saturated rings. The third-order valence-corrected chi connectivity index (χ3v) is 1.13. The minimum absolute atomic E-state index is 0. The van der Waals surface area contributed by atoms with Gasteiger partial charge >= 0.3 is 0 Å². The van der Waals surface area contributed by atoms with Crippen molar-refractivity contribution in [3.63, 3.8) is 0 Å². The van der Waals surface area contributed by atoms with Gasteiger partial charge in [0.25, 0.3) is 0 Å². The van der Waals surface area contributed by atoms with Gasteiger partial charge in [0.1, 0.15) is 5.82 Å². The maximum Gasteiger partial charge on any atom is 0.141 e. The molecule has 1 rings (SSSR count). The molecule has 0 spiro atoms. The predicted octanol–water partition coefficient (Wildman–Crippen LogP) is 2.59. The van der Waals surface area contributed by atoms with Crippen LogP contribution in [0.4, 0.5) is 4.39 Å². The Balaban J connectivity index is 0.000000640. The molecular weight excluding hydrogens is 159 g/mol. The van der Waals surface area contributed by atoms with Crippen LogP contribution in [0.2, 0.25) is 5.02 Å². The lowest BCUT2D eigenvalue weighted by atomic mass is 10.4. The van der Waals surface area contributed by atoms with E-state index in [4.69, 9.17) is 11.6 Å². The van der Waals surface area contributed by atoms with Crippen LogP contribution in [-0.2, 0) is 0 Å². The quantitative estimate of drug-likeness (QED) is 0.553. The molecule has 1 aromatic rings. The van der Waals surface area contributed by atoms with Crippen molar-refractivity contribution in [3.8, 4) is 0 Å². The molecule has 1 aromatic carbocycles. The lowest BCUT2D eigenvalue weighted by Crippen LogP contribution is -1.70. The Kier molecular flexibility index (Phi) is 3.66. The van der Waals surface area contributed by atoms with Crippen LogP contribution in [0.25, 0.3) is 0 Å². The normalized spacial score (nSPS) is 8.22. The molecule has 0 amide bonds. The Hall–Kier alpha value is -0.210. The predicted molar refractivity (Wildman–Crippen MR) is 41.8 cm³/mol. The van der Waals surface area contributed by atoms with E-state index >= 15 is 0 Å². The monoisotopic (exact) mass is 164 g/mol. The summed E-state index contributed by atoms with van der Waals surface area (Å²) in [5, 5.41) is 0.174. The lowest BCUT2D eigenvalue weighted by Gasteiger charge is -1.86. The van der Waals surface area contributed by atoms with E-state index in [1.165, 1.54) is 12.1 Å². The Bertz CT molecular complexity index is 169. The van der Waals surface area contributed by atoms with Crippen molar-refractivity contribution in [2.24, 2.45) is 0 Å². The fourth-order valence-electron chi connectivity index (χ4n) is 0.439. The van der Waals surface area contributed by atoms with E-state index in [2.05, 4.69) is 0 Å². The Morgan fingerprint density at radius 2 is 1.78 bits per heavy atom. The molecule has 0 aromatic heterocycles. The third kappa shape index (κ3) is 2.24. The van der Waals surface area contributed by atoms with Crippen LogP contribution in [-0.4, -0.2) is 0 Å². The fraction of sp³-hybridized carbons (Fsp3) is 0. The first-order valence-electron chi connectivity index (χ1n) is 2.21. The molecule has 9 heavy (non-hydrogen) atoms. The van der Waals surface area contributed by atoms with E-state index in [0.29, 0.717) is 0 Å². The van der Waals surface area contributed by atoms with Crippen LogP contribution >= 0.6 is 25.1 Å². The summed E-state index contributed by atoms with van der Waals surface area (Å²) in [5.41, 5.74) is 0. The SMILES string of the molecule is Fc1ccccc1Cl.S. The van der Waals surface area contributed by atoms with Gasteiger partial charge in [0.2, 0.25) is 0 Å². The van der Waals surface area contributed by atoms with Crippen LogP contribution < -0.4 is 0 Å². The number of rotatable bonds is 0. The van der Waals surface area contributed by atoms with Crippen molar-refractivity contribution in [2.75, 3.05) is 0 Å². The van der Waals surface area contributed by atoms with Gasteiger partial charge in [0, 0.05) is 0 Å². The summed E-state index contributed by atoms with van der Waals surface area (Å²) in [4.78, 5) is 0. The molecule has 0 N–H and O–H groups in total. The van der Waals surface area contributed by atoms with Crippen LogP contribution in [0.5, 0.6) is 0 Å². The highest BCUT2D eigenvalue weighted by atomic mass is 35.5. The first-order valence-corrected chi connectivity index (χ1v) is 2.58. The second-order valence-electron chi connectivity index (χ2n) is 1.41. The summed E-state index contributed by atoms with van der Waals surface area (Å²) >= 11 is 5.33. The van der Waals surface area contributed by atoms with Gasteiger partial charge in [0.15, 0.2) is 0 Å². The second-order valence-corrected chi connectivity index (χ2v) is 1.82. The summed E-state index contributed by atoms with van der Waals surface area (Å²) in [6, 6.07) is 6.12. The zero-order chi connectivity index (χ0) is 5.98. The number of benzene rings is 1. The smallest absolute Gasteiger partial charge is 0.141 e. The topological polar surface area (TPSA) is 0 Å². The highest BCUT2D eigenvalue weighted by Crippen LogP contribution is 2.11. The van der Waals surface area contributed by atoms with Crippen molar-refractivity contribution < 1.29 is 4.39 Å². The molecule has 0 radical (unpaired) electrons. The highest BCUT2D eigenvalue weighted by molar-refractivity contribution is 7.59. The van der Waals surface area contributed by atoms with E-state index in [9.17, 15) is 4.39 Å². The largest absolute Gasteiger partial charge is 0.205 e. The minimum atomic E-state index is -0.367. The molecule has 0 saturated heterocycles. The van der Waals surface area contributed by atoms with Gasteiger partial charge in [-0.15, -0.1) is 0 Å². The number of halogens is 2. The van der Waals surface area contributed by atoms with Gasteiger partial charge in [-0.3, -0.25) is 0 Å². The van der Waals surface area contributed by atoms with E-state index in [1.807, 2.05) is 0 Å². The van der Waals surface area contributed by atoms with Crippen LogP contribution in [0.1, 0.15) is 0 Å². The van der Waals surface area contributed by atoms with Crippen LogP contribution in [0.3, 0.4) is 0 Å². The summed E-state index contributed by atoms with van der Waals surface area (Å²) in [7, 11) is 0. The van der Waals surface area contributed by atoms with Gasteiger partial charge in [-0.25, -0.2) is 4.39 Å². The zero-order valence-corrected chi connectivity index (χ0v) is 6.32. The average Bonchev–Trinajstić information content (AvgIpc) is 1.77. The molecule has 0 saturated carbocycles. The molecule has 0 nitrogen and oxygen atoms in total. The molecule has 0 aliphatic carbocycles. The first kappa shape index (κ1) is 8.79. The molecule has 0 unspecified atom stereocenters. The molecule has 0 aliphatic rings. The molecule has 50 valence electrons. The standard InChI is InChI=1S/C6H4ClF.H2S/c7-5-3-1-2-4-6(5)8;/h1-4H;1H2. The van der Waals surface area contributed by atoms with Gasteiger partial charge < -0.3 is 0 Å². The van der Waals surface area contributed by atoms with Crippen molar-refractivity contribution in [3.05, 3.63) is 35.1 Å². The third-order valence-electron chi connectivity index (χ3n) is 0.824. The van der Waals surface area contributed by atoms with Crippen molar-refractivity contribution in [2.45, 2.75) is 0 Å². The number of hydrogen-bond donors (Lipinski definition) is 0. The molecular formula is C6H6ClFS. The van der Waals surface area contributed by atoms with Crippen LogP contribution in [0.15, 0.2) is 24.3 Å². The van der Waals surface area contributed by atoms with E-state index in [1.54, 1.807) is 12.1 Å². The second kappa shape index (κ2) is 3.75. The lowest BCUT2D eigenvalue weighted by molar-refractivity contribution is 0.628. The summed E-state index contributed by atoms with van der Waals surface area (Å²) in [6.07, 6.45) is 0. The fourth-order valence-corrected chi connectivity index (χ4v) is 0.575. The van der Waals surface area contributed by atoms with Crippen molar-refractivity contribution >= 4 is 25.1 Å². The van der Waals surface area contributed by atoms with Gasteiger partial charge in [-0.2, -0.15) is 13.5 Å². The summed E-state index contributed by atoms with van der Waals surface area (Å²) < 4.78 is 12.2. The Labute approximate surface area is 65.1 Å². The molecule has 0 bridgehead atoms. The molecule has 3 heteroatoms. The van der Waals surface area contributed by atoms with E-state index in [-0.39, 0.29) is 24.3 Å². The van der Waals surface area contributed by atoms with Crippen LogP contribution in [0, 0.1) is 5.82 Å². The molecule has 0 aliphatic heterocycles. The van der Waals surface area contributed by atoms with Gasteiger partial charge in [0.05, 0.1) is 5.02 Å². The molecule has 0 heterocycles. The van der Waals surface area contributed by atoms with Crippen molar-refractivity contribution in [1.29, 1.82) is 0 Å². The highest BCUT2D eigenvalue weighted by Gasteiger charge is 1.91. The summed E-state index contributed by atoms with van der Waals surface area (Å²) in [5.74, 6) is -0.367. The van der Waals surface area contributed by atoms with Gasteiger partial charge in [-0.05, 0) is 12.1 Å². The zero-order valence-electron chi connectivity index (χ0n) is 4.57. The average molecular weight is 165 g/mol. The van der Waals surface area contributed by atoms with Gasteiger partial charge in [-0.1, -0.05) is 23.7 Å². The maximum absolute atomic E-state index is 12.2. The number of hydrogen-bond acceptors (Lipinski definition) is 0. The first-order chi connectivity index (χ1) is 3.80. The van der Waals surface area contributed by atoms with E-state index in [0.717, 1.165) is 0 Å². The van der Waals surface area contributed by atoms with Crippen molar-refractivity contribution in [1.82, 2.24) is 0 Å². The summed E-state index contributed by atoms with van der Waals surface area (Å²) in [6.45, 7) is 0. The van der Waals surface area contributed by atoms with E-state index < -0.39 is 0 Å². The maximum atomic E-state index is 12.2. The Morgan fingerprint density at radius 3 is 2.11 bits per heavy atom. The minimum Gasteiger partial charge on any atom is -0.205 e. The Morgan fingerprint density at radius 1 is 1.22 bits per heavy atom.